The van der Waals surface area contributed by atoms with Crippen molar-refractivity contribution in [2.24, 2.45) is 0 Å². The van der Waals surface area contributed by atoms with Crippen molar-refractivity contribution in [2.45, 2.75) is 13.0 Å². The first-order valence-electron chi connectivity index (χ1n) is 12.1. The molecular formula is C26H27N3O9S3. The number of methoxy groups -OCH3 is 1. The minimum Gasteiger partial charge on any atom is -0.493 e. The number of anilines is 1. The molecular weight excluding hydrogens is 594 g/mol. The van der Waals surface area contributed by atoms with Gasteiger partial charge < -0.3 is 19.0 Å². The van der Waals surface area contributed by atoms with E-state index >= 15 is 0 Å². The van der Waals surface area contributed by atoms with Gasteiger partial charge in [0.05, 0.1) is 30.5 Å². The van der Waals surface area contributed by atoms with Gasteiger partial charge in [-0.25, -0.2) is 13.4 Å². The van der Waals surface area contributed by atoms with Crippen LogP contribution in [0.3, 0.4) is 0 Å². The van der Waals surface area contributed by atoms with Crippen LogP contribution < -0.4 is 13.2 Å². The molecule has 0 atom stereocenters. The molecule has 0 bridgehead atoms. The molecule has 0 spiro atoms. The Morgan fingerprint density at radius 1 is 1.02 bits per heavy atom. The molecule has 0 aliphatic rings. The second-order valence-electron chi connectivity index (χ2n) is 8.64. The molecule has 0 aliphatic carbocycles. The van der Waals surface area contributed by atoms with Crippen molar-refractivity contribution < 1.29 is 40.6 Å². The number of thiophene rings is 1. The molecule has 0 saturated heterocycles. The number of ether oxygens (including phenoxy) is 2. The van der Waals surface area contributed by atoms with Crippen molar-refractivity contribution in [3.8, 4) is 22.5 Å². The minimum atomic E-state index is -4.80. The molecule has 0 aliphatic heterocycles. The van der Waals surface area contributed by atoms with Gasteiger partial charge in [-0.1, -0.05) is 36.4 Å². The Kier molecular flexibility index (Phi) is 9.32. The molecule has 0 saturated carbocycles. The molecule has 2 aromatic heterocycles. The Morgan fingerprint density at radius 3 is 2.32 bits per heavy atom. The van der Waals surface area contributed by atoms with Gasteiger partial charge in [-0.15, -0.1) is 11.3 Å². The van der Waals surface area contributed by atoms with Crippen molar-refractivity contribution in [3.05, 3.63) is 83.4 Å². The van der Waals surface area contributed by atoms with E-state index in [9.17, 15) is 26.7 Å². The third kappa shape index (κ3) is 7.43. The lowest BCUT2D eigenvalue weighted by Gasteiger charge is -2.29. The van der Waals surface area contributed by atoms with Crippen LogP contribution in [-0.4, -0.2) is 63.7 Å². The number of benzene rings is 2. The molecule has 0 fully saturated rings. The van der Waals surface area contributed by atoms with Gasteiger partial charge in [0.25, 0.3) is 0 Å². The molecule has 2 aromatic carbocycles. The van der Waals surface area contributed by atoms with Crippen LogP contribution in [0.25, 0.3) is 10.8 Å². The molecule has 2 heterocycles. The van der Waals surface area contributed by atoms with Crippen molar-refractivity contribution in [3.63, 3.8) is 0 Å². The molecule has 0 radical (unpaired) electrons. The largest absolute Gasteiger partial charge is 0.493 e. The summed E-state index contributed by atoms with van der Waals surface area (Å²) in [6.07, 6.45) is 1.13. The van der Waals surface area contributed by atoms with Gasteiger partial charge in [0.2, 0.25) is 15.9 Å². The first-order valence-corrected chi connectivity index (χ1v) is 16.2. The Morgan fingerprint density at radius 2 is 1.73 bits per heavy atom. The summed E-state index contributed by atoms with van der Waals surface area (Å²) in [5.74, 6) is -0.213. The first kappa shape index (κ1) is 30.0. The van der Waals surface area contributed by atoms with E-state index in [1.807, 2.05) is 17.5 Å². The Balaban J connectivity index is 1.46. The maximum absolute atomic E-state index is 13.5. The van der Waals surface area contributed by atoms with Gasteiger partial charge in [0.15, 0.2) is 0 Å². The summed E-state index contributed by atoms with van der Waals surface area (Å²) < 4.78 is 69.5. The number of hydrogen-bond donors (Lipinski definition) is 1. The zero-order valence-electron chi connectivity index (χ0n) is 22.0. The number of aromatic nitrogens is 1. The van der Waals surface area contributed by atoms with E-state index in [0.29, 0.717) is 39.6 Å². The van der Waals surface area contributed by atoms with Crippen LogP contribution in [0.1, 0.15) is 11.3 Å². The third-order valence-corrected chi connectivity index (χ3v) is 10.2. The lowest BCUT2D eigenvalue weighted by Crippen LogP contribution is -2.48. The van der Waals surface area contributed by atoms with E-state index < -0.39 is 39.3 Å². The monoisotopic (exact) mass is 621 g/mol. The summed E-state index contributed by atoms with van der Waals surface area (Å²) in [6, 6.07) is 17.3. The molecule has 1 N–H and O–H groups in total. The van der Waals surface area contributed by atoms with Gasteiger partial charge in [-0.3, -0.25) is 4.79 Å². The number of aliphatic carboxylic acids is 1. The average molecular weight is 622 g/mol. The number of carboxylic acids is 1. The summed E-state index contributed by atoms with van der Waals surface area (Å²) in [5, 5.41) is 11.3. The van der Waals surface area contributed by atoms with Gasteiger partial charge in [-0.05, 0) is 41.3 Å². The predicted molar refractivity (Wildman–Crippen MR) is 153 cm³/mol. The normalized spacial score (nSPS) is 11.9. The summed E-state index contributed by atoms with van der Waals surface area (Å²) in [7, 11) is -7.65. The Bertz CT molecular complexity index is 1670. The number of rotatable bonds is 14. The van der Waals surface area contributed by atoms with E-state index in [-0.39, 0.29) is 16.0 Å². The van der Waals surface area contributed by atoms with Crippen LogP contribution >= 0.6 is 11.3 Å². The molecule has 12 nitrogen and oxygen atoms in total. The predicted octanol–water partition coefficient (Wildman–Crippen LogP) is 3.63. The quantitative estimate of drug-likeness (QED) is 0.221. The number of carboxylic acid groups (broad SMARTS) is 1. The fraction of sp³-hybridized carbons (Fsp3) is 0.231. The molecule has 15 heteroatoms. The zero-order chi connectivity index (χ0) is 29.6. The smallest absolute Gasteiger partial charge is 0.318 e. The second kappa shape index (κ2) is 12.7. The van der Waals surface area contributed by atoms with Crippen molar-refractivity contribution >= 4 is 43.2 Å². The first-order chi connectivity index (χ1) is 19.5. The lowest BCUT2D eigenvalue weighted by atomic mass is 10.2. The standard InChI is InChI=1S/C26H27N3O9S3/c1-36-26-22(27-25(38-26)23-9-6-16-39-23)14-15-37-21-12-10-19(11-13-21)17-28(18-24(30)31)41(34,35)29(40(2,32)33)20-7-4-3-5-8-20/h3-13,16H,14-15,17-18H2,1-2H3,(H,30,31). The number of nitrogens with zero attached hydrogens (tertiary/aromatic N) is 3. The van der Waals surface area contributed by atoms with E-state index in [2.05, 4.69) is 4.98 Å². The van der Waals surface area contributed by atoms with Crippen LogP contribution in [0.2, 0.25) is 0 Å². The highest BCUT2D eigenvalue weighted by atomic mass is 32.3. The molecule has 218 valence electrons. The van der Waals surface area contributed by atoms with Gasteiger partial charge >= 0.3 is 22.1 Å². The van der Waals surface area contributed by atoms with Crippen LogP contribution in [-0.2, 0) is 38.0 Å². The fourth-order valence-corrected chi connectivity index (χ4v) is 7.83. The van der Waals surface area contributed by atoms with Gasteiger partial charge in [0.1, 0.15) is 18.0 Å². The van der Waals surface area contributed by atoms with Gasteiger partial charge in [0, 0.05) is 13.0 Å². The number of carbonyl (C=O) groups is 1. The highest BCUT2D eigenvalue weighted by molar-refractivity contribution is 8.08. The SMILES string of the molecule is COc1oc(-c2cccs2)nc1CCOc1ccc(CN(CC(=O)O)S(=O)(=O)N(c2ccccc2)S(C)(=O)=O)cc1. The summed E-state index contributed by atoms with van der Waals surface area (Å²) in [6.45, 7) is -1.10. The van der Waals surface area contributed by atoms with Crippen LogP contribution in [0, 0.1) is 0 Å². The van der Waals surface area contributed by atoms with E-state index in [4.69, 9.17) is 13.9 Å². The van der Waals surface area contributed by atoms with Crippen molar-refractivity contribution in [2.75, 3.05) is 30.2 Å². The zero-order valence-corrected chi connectivity index (χ0v) is 24.5. The molecule has 0 unspecified atom stereocenters. The second-order valence-corrected chi connectivity index (χ2v) is 13.4. The maximum atomic E-state index is 13.5. The van der Waals surface area contributed by atoms with Crippen molar-refractivity contribution in [1.29, 1.82) is 0 Å². The van der Waals surface area contributed by atoms with Crippen molar-refractivity contribution in [1.82, 2.24) is 9.29 Å². The third-order valence-electron chi connectivity index (χ3n) is 5.58. The number of sulfonamides is 1. The van der Waals surface area contributed by atoms with Crippen LogP contribution in [0.4, 0.5) is 5.69 Å². The average Bonchev–Trinajstić information content (AvgIpc) is 3.59. The summed E-state index contributed by atoms with van der Waals surface area (Å²) >= 11 is 1.49. The molecule has 4 aromatic rings. The van der Waals surface area contributed by atoms with E-state index in [1.54, 1.807) is 30.3 Å². The Labute approximate surface area is 241 Å². The fourth-order valence-electron chi connectivity index (χ4n) is 3.84. The summed E-state index contributed by atoms with van der Waals surface area (Å²) in [4.78, 5) is 16.9. The minimum absolute atomic E-state index is 0.139. The van der Waals surface area contributed by atoms with E-state index in [0.717, 1.165) is 11.1 Å². The lowest BCUT2D eigenvalue weighted by molar-refractivity contribution is -0.137. The molecule has 41 heavy (non-hydrogen) atoms. The number of oxazole rings is 1. The number of para-hydroxylation sites is 1. The van der Waals surface area contributed by atoms with Gasteiger partial charge in [-0.2, -0.15) is 16.4 Å². The van der Waals surface area contributed by atoms with Crippen LogP contribution in [0.15, 0.2) is 76.5 Å². The number of hydrogen-bond acceptors (Lipinski definition) is 10. The summed E-state index contributed by atoms with van der Waals surface area (Å²) in [5.41, 5.74) is 0.874. The van der Waals surface area contributed by atoms with Crippen LogP contribution in [0.5, 0.6) is 11.7 Å². The highest BCUT2D eigenvalue weighted by Gasteiger charge is 2.37. The topological polar surface area (TPSA) is 157 Å². The Hall–Kier alpha value is -3.92. The molecule has 4 rings (SSSR count). The van der Waals surface area contributed by atoms with E-state index in [1.165, 1.54) is 42.7 Å². The highest BCUT2D eigenvalue weighted by Crippen LogP contribution is 2.30. The molecule has 0 amide bonds. The maximum Gasteiger partial charge on any atom is 0.318 e.